The number of fused-ring (bicyclic) bond motifs is 1. The minimum absolute atomic E-state index is 0.0302. The van der Waals surface area contributed by atoms with E-state index >= 15 is 0 Å². The van der Waals surface area contributed by atoms with Gasteiger partial charge in [-0.15, -0.1) is 6.58 Å². The van der Waals surface area contributed by atoms with Crippen LogP contribution >= 0.6 is 0 Å². The van der Waals surface area contributed by atoms with E-state index in [1.807, 2.05) is 0 Å². The Labute approximate surface area is 201 Å². The second kappa shape index (κ2) is 9.86. The molecule has 0 saturated carbocycles. The molecule has 1 aromatic heterocycles. The smallest absolute Gasteiger partial charge is 0.338 e. The van der Waals surface area contributed by atoms with E-state index in [0.29, 0.717) is 16.6 Å². The highest BCUT2D eigenvalue weighted by molar-refractivity contribution is 7.92. The van der Waals surface area contributed by atoms with Crippen molar-refractivity contribution in [2.75, 3.05) is 10.8 Å². The Balaban J connectivity index is 1.59. The molecule has 0 radical (unpaired) electrons. The second-order valence-electron chi connectivity index (χ2n) is 7.54. The predicted molar refractivity (Wildman–Crippen MR) is 131 cm³/mol. The van der Waals surface area contributed by atoms with Crippen LogP contribution in [0.4, 0.5) is 5.69 Å². The van der Waals surface area contributed by atoms with E-state index in [9.17, 15) is 23.1 Å². The van der Waals surface area contributed by atoms with Crippen LogP contribution in [-0.2, 0) is 21.4 Å². The van der Waals surface area contributed by atoms with Crippen LogP contribution in [0.5, 0.6) is 5.75 Å². The van der Waals surface area contributed by atoms with Gasteiger partial charge < -0.3 is 14.3 Å². The number of benzene rings is 3. The molecule has 178 valence electrons. The number of phenols is 1. The molecule has 8 nitrogen and oxygen atoms in total. The van der Waals surface area contributed by atoms with Crippen LogP contribution in [0.15, 0.2) is 106 Å². The van der Waals surface area contributed by atoms with E-state index in [-0.39, 0.29) is 34.9 Å². The van der Waals surface area contributed by atoms with Gasteiger partial charge in [-0.1, -0.05) is 30.3 Å². The first kappa shape index (κ1) is 23.8. The molecule has 4 aromatic rings. The molecule has 0 amide bonds. The average Bonchev–Trinajstić information content (AvgIpc) is 2.85. The highest BCUT2D eigenvalue weighted by atomic mass is 32.2. The zero-order valence-electron chi connectivity index (χ0n) is 18.5. The Morgan fingerprint density at radius 1 is 1.03 bits per heavy atom. The van der Waals surface area contributed by atoms with Gasteiger partial charge >= 0.3 is 11.6 Å². The van der Waals surface area contributed by atoms with Crippen LogP contribution in [0.2, 0.25) is 0 Å². The molecule has 0 saturated heterocycles. The van der Waals surface area contributed by atoms with Crippen molar-refractivity contribution in [2.24, 2.45) is 0 Å². The summed E-state index contributed by atoms with van der Waals surface area (Å²) in [7, 11) is -4.00. The van der Waals surface area contributed by atoms with Gasteiger partial charge in [0.25, 0.3) is 10.0 Å². The normalized spacial score (nSPS) is 11.2. The molecule has 1 N–H and O–H groups in total. The van der Waals surface area contributed by atoms with Crippen LogP contribution in [0.3, 0.4) is 0 Å². The molecular weight excluding hydrogens is 470 g/mol. The lowest BCUT2D eigenvalue weighted by atomic mass is 10.1. The highest BCUT2D eigenvalue weighted by Crippen LogP contribution is 2.25. The molecule has 3 aromatic carbocycles. The third-order valence-electron chi connectivity index (χ3n) is 5.17. The topological polar surface area (TPSA) is 114 Å². The van der Waals surface area contributed by atoms with Crippen LogP contribution in [-0.4, -0.2) is 26.0 Å². The van der Waals surface area contributed by atoms with Crippen molar-refractivity contribution in [3.05, 3.63) is 113 Å². The Kier molecular flexibility index (Phi) is 6.70. The summed E-state index contributed by atoms with van der Waals surface area (Å²) >= 11 is 0. The molecule has 4 rings (SSSR count). The van der Waals surface area contributed by atoms with Gasteiger partial charge in [-0.25, -0.2) is 18.0 Å². The zero-order chi connectivity index (χ0) is 25.0. The molecule has 0 atom stereocenters. The summed E-state index contributed by atoms with van der Waals surface area (Å²) in [4.78, 5) is 24.5. The maximum atomic E-state index is 13.3. The summed E-state index contributed by atoms with van der Waals surface area (Å²) < 4.78 is 38.3. The summed E-state index contributed by atoms with van der Waals surface area (Å²) in [5.41, 5.74) is 0.365. The number of sulfonamides is 1. The third-order valence-corrected chi connectivity index (χ3v) is 6.96. The Morgan fingerprint density at radius 3 is 2.54 bits per heavy atom. The van der Waals surface area contributed by atoms with Crippen LogP contribution < -0.4 is 9.93 Å². The number of esters is 1. The number of carbonyl (C=O) groups excluding carboxylic acids is 1. The number of rotatable bonds is 8. The van der Waals surface area contributed by atoms with Gasteiger partial charge in [0, 0.05) is 23.1 Å². The van der Waals surface area contributed by atoms with Crippen LogP contribution in [0, 0.1) is 0 Å². The van der Waals surface area contributed by atoms with Crippen molar-refractivity contribution >= 4 is 32.6 Å². The summed E-state index contributed by atoms with van der Waals surface area (Å²) in [6.07, 6.45) is 1.48. The van der Waals surface area contributed by atoms with Gasteiger partial charge in [0.05, 0.1) is 22.7 Å². The molecule has 35 heavy (non-hydrogen) atoms. The number of para-hydroxylation sites is 1. The predicted octanol–water partition coefficient (Wildman–Crippen LogP) is 4.24. The third kappa shape index (κ3) is 5.10. The largest absolute Gasteiger partial charge is 0.508 e. The maximum Gasteiger partial charge on any atom is 0.338 e. The number of anilines is 1. The van der Waals surface area contributed by atoms with Crippen molar-refractivity contribution < 1.29 is 27.5 Å². The fourth-order valence-corrected chi connectivity index (χ4v) is 5.01. The number of aromatic hydroxyl groups is 1. The first-order valence-corrected chi connectivity index (χ1v) is 12.0. The fraction of sp³-hybridized carbons (Fsp3) is 0.0769. The zero-order valence-corrected chi connectivity index (χ0v) is 19.3. The Morgan fingerprint density at radius 2 is 1.80 bits per heavy atom. The lowest BCUT2D eigenvalue weighted by Crippen LogP contribution is -2.31. The highest BCUT2D eigenvalue weighted by Gasteiger charge is 2.25. The number of hydrogen-bond acceptors (Lipinski definition) is 7. The molecule has 0 spiro atoms. The summed E-state index contributed by atoms with van der Waals surface area (Å²) in [6.45, 7) is 3.43. The molecule has 0 bridgehead atoms. The molecule has 0 aliphatic carbocycles. The standard InChI is InChI=1S/C26H21NO7S/c1-2-13-27(20-8-4-3-5-9-20)35(31,32)22-10-6-7-18(14-22)26(30)33-17-19-15-25(29)34-24-16-21(28)11-12-23(19)24/h2-12,14-16,28H,1,13,17H2. The van der Waals surface area contributed by atoms with Gasteiger partial charge in [0.15, 0.2) is 0 Å². The maximum absolute atomic E-state index is 13.3. The van der Waals surface area contributed by atoms with E-state index < -0.39 is 21.6 Å². The van der Waals surface area contributed by atoms with Crippen molar-refractivity contribution in [2.45, 2.75) is 11.5 Å². The van der Waals surface area contributed by atoms with E-state index in [0.717, 1.165) is 0 Å². The monoisotopic (exact) mass is 491 g/mol. The van der Waals surface area contributed by atoms with Gasteiger partial charge in [0.2, 0.25) is 0 Å². The fourth-order valence-electron chi connectivity index (χ4n) is 3.53. The lowest BCUT2D eigenvalue weighted by molar-refractivity contribution is 0.0473. The van der Waals surface area contributed by atoms with Crippen molar-refractivity contribution in [3.63, 3.8) is 0 Å². The minimum Gasteiger partial charge on any atom is -0.508 e. The average molecular weight is 492 g/mol. The molecule has 1 heterocycles. The molecule has 0 aliphatic rings. The lowest BCUT2D eigenvalue weighted by Gasteiger charge is -2.23. The number of hydrogen-bond donors (Lipinski definition) is 1. The molecule has 0 unspecified atom stereocenters. The minimum atomic E-state index is -4.00. The SMILES string of the molecule is C=CCN(c1ccccc1)S(=O)(=O)c1cccc(C(=O)OCc2cc(=O)oc3cc(O)ccc23)c1. The first-order chi connectivity index (χ1) is 16.8. The number of ether oxygens (including phenoxy) is 1. The molecule has 0 fully saturated rings. The van der Waals surface area contributed by atoms with E-state index in [1.54, 1.807) is 36.4 Å². The Bertz CT molecular complexity index is 1560. The number of phenolic OH excluding ortho intramolecular Hbond substituents is 1. The second-order valence-corrected chi connectivity index (χ2v) is 9.40. The van der Waals surface area contributed by atoms with Gasteiger partial charge in [-0.2, -0.15) is 0 Å². The van der Waals surface area contributed by atoms with E-state index in [2.05, 4.69) is 6.58 Å². The van der Waals surface area contributed by atoms with Gasteiger partial charge in [-0.05, 0) is 42.5 Å². The summed E-state index contributed by atoms with van der Waals surface area (Å²) in [6, 6.07) is 19.5. The van der Waals surface area contributed by atoms with Crippen molar-refractivity contribution in [3.8, 4) is 5.75 Å². The van der Waals surface area contributed by atoms with Crippen LogP contribution in [0.1, 0.15) is 15.9 Å². The first-order valence-electron chi connectivity index (χ1n) is 10.5. The summed E-state index contributed by atoms with van der Waals surface area (Å²) in [5.74, 6) is -0.842. The quantitative estimate of drug-likeness (QED) is 0.223. The van der Waals surface area contributed by atoms with E-state index in [4.69, 9.17) is 9.15 Å². The van der Waals surface area contributed by atoms with Gasteiger partial charge in [0.1, 0.15) is 17.9 Å². The van der Waals surface area contributed by atoms with Crippen LogP contribution in [0.25, 0.3) is 11.0 Å². The molecule has 0 aliphatic heterocycles. The Hall–Kier alpha value is -4.37. The number of carbonyl (C=O) groups is 1. The van der Waals surface area contributed by atoms with E-state index in [1.165, 1.54) is 52.8 Å². The van der Waals surface area contributed by atoms with Crippen molar-refractivity contribution in [1.29, 1.82) is 0 Å². The molecule has 9 heteroatoms. The number of nitrogens with zero attached hydrogens (tertiary/aromatic N) is 1. The molecular formula is C26H21NO7S. The van der Waals surface area contributed by atoms with Crippen molar-refractivity contribution in [1.82, 2.24) is 0 Å². The summed E-state index contributed by atoms with van der Waals surface area (Å²) in [5, 5.41) is 10.1. The van der Waals surface area contributed by atoms with Gasteiger partial charge in [-0.3, -0.25) is 4.31 Å².